The summed E-state index contributed by atoms with van der Waals surface area (Å²) in [4.78, 5) is 7.74. The van der Waals surface area contributed by atoms with Crippen molar-refractivity contribution in [2.45, 2.75) is 4.90 Å². The molecule has 0 amide bonds. The molecule has 0 atom stereocenters. The second-order valence-electron chi connectivity index (χ2n) is 5.94. The van der Waals surface area contributed by atoms with Crippen molar-refractivity contribution >= 4 is 56.6 Å². The number of rotatable bonds is 4. The van der Waals surface area contributed by atoms with Gasteiger partial charge in [0.2, 0.25) is 0 Å². The fraction of sp³-hybridized carbons (Fsp3) is 0. The number of benzene rings is 2. The van der Waals surface area contributed by atoms with Gasteiger partial charge in [0.1, 0.15) is 16.5 Å². The third-order valence-corrected chi connectivity index (χ3v) is 5.69. The van der Waals surface area contributed by atoms with Crippen molar-refractivity contribution in [3.05, 3.63) is 59.3 Å². The Bertz CT molecular complexity index is 1350. The summed E-state index contributed by atoms with van der Waals surface area (Å²) in [6, 6.07) is 7.17. The summed E-state index contributed by atoms with van der Waals surface area (Å²) < 4.78 is 54.2. The van der Waals surface area contributed by atoms with E-state index in [0.29, 0.717) is 34.6 Å². The van der Waals surface area contributed by atoms with Gasteiger partial charge in [-0.25, -0.2) is 27.2 Å². The van der Waals surface area contributed by atoms with E-state index in [1.807, 2.05) is 0 Å². The highest BCUT2D eigenvalue weighted by atomic mass is 35.5. The molecule has 0 aliphatic heterocycles. The van der Waals surface area contributed by atoms with E-state index in [1.54, 1.807) is 12.1 Å². The predicted molar refractivity (Wildman–Crippen MR) is 111 cm³/mol. The van der Waals surface area contributed by atoms with Crippen molar-refractivity contribution in [1.29, 1.82) is 0 Å². The molecule has 0 aliphatic carbocycles. The molecule has 8 nitrogen and oxygen atoms in total. The molecule has 2 aromatic carbocycles. The van der Waals surface area contributed by atoms with E-state index in [4.69, 9.17) is 17.3 Å². The monoisotopic (exact) mass is 472 g/mol. The second-order valence-corrected chi connectivity index (χ2v) is 8.00. The first kappa shape index (κ1) is 21.7. The number of nitrogens with two attached hydrogens (primary N) is 1. The van der Waals surface area contributed by atoms with E-state index in [9.17, 15) is 17.2 Å². The second kappa shape index (κ2) is 8.01. The topological polar surface area (TPSA) is 127 Å². The van der Waals surface area contributed by atoms with Crippen molar-refractivity contribution < 1.29 is 17.2 Å². The standard InChI is InChI=1S/C17H11ClF2N6O2S.ClH/c18-11-5-14(13(20)6-12(11)19)29(27,28)26-9-3-1-8(2-4-9)16-22-7-10-15(21)24-25-17(10)23-16;/h1-7,26H,(H3,21,22,23,24,25);1H. The number of hydrogen-bond acceptors (Lipinski definition) is 6. The summed E-state index contributed by atoms with van der Waals surface area (Å²) in [5.74, 6) is -1.66. The highest BCUT2D eigenvalue weighted by molar-refractivity contribution is 7.92. The molecule has 4 N–H and O–H groups in total. The van der Waals surface area contributed by atoms with Crippen molar-refractivity contribution in [3.63, 3.8) is 0 Å². The van der Waals surface area contributed by atoms with Crippen molar-refractivity contribution in [2.75, 3.05) is 10.5 Å². The Morgan fingerprint density at radius 3 is 2.50 bits per heavy atom. The summed E-state index contributed by atoms with van der Waals surface area (Å²) in [6.07, 6.45) is 1.52. The predicted octanol–water partition coefficient (Wildman–Crippen LogP) is 3.76. The van der Waals surface area contributed by atoms with E-state index in [1.165, 1.54) is 18.3 Å². The Hall–Kier alpha value is -3.02. The van der Waals surface area contributed by atoms with Gasteiger partial charge in [-0.3, -0.25) is 9.82 Å². The van der Waals surface area contributed by atoms with Crippen LogP contribution in [0.25, 0.3) is 22.4 Å². The Morgan fingerprint density at radius 1 is 1.10 bits per heavy atom. The van der Waals surface area contributed by atoms with Gasteiger partial charge < -0.3 is 5.73 Å². The first-order valence-electron chi connectivity index (χ1n) is 7.99. The number of sulfonamides is 1. The van der Waals surface area contributed by atoms with Gasteiger partial charge in [-0.15, -0.1) is 12.4 Å². The molecule has 13 heteroatoms. The number of H-pyrrole nitrogens is 1. The highest BCUT2D eigenvalue weighted by Gasteiger charge is 2.22. The van der Waals surface area contributed by atoms with Gasteiger partial charge in [-0.05, 0) is 30.3 Å². The SMILES string of the molecule is Cl.Nc1n[nH]c2nc(-c3ccc(NS(=O)(=O)c4cc(Cl)c(F)cc4F)cc3)ncc12. The Morgan fingerprint density at radius 2 is 1.80 bits per heavy atom. The van der Waals surface area contributed by atoms with Crippen LogP contribution in [0.5, 0.6) is 0 Å². The zero-order valence-electron chi connectivity index (χ0n) is 14.7. The Kier molecular flexibility index (Phi) is 5.79. The van der Waals surface area contributed by atoms with E-state index in [2.05, 4.69) is 24.9 Å². The van der Waals surface area contributed by atoms with Gasteiger partial charge >= 0.3 is 0 Å². The van der Waals surface area contributed by atoms with Gasteiger partial charge in [0.15, 0.2) is 17.3 Å². The van der Waals surface area contributed by atoms with Crippen LogP contribution in [0.15, 0.2) is 47.5 Å². The average molecular weight is 473 g/mol. The molecule has 0 radical (unpaired) electrons. The Balaban J connectivity index is 0.00000256. The lowest BCUT2D eigenvalue weighted by molar-refractivity contribution is 0.551. The quantitative estimate of drug-likeness (QED) is 0.388. The summed E-state index contributed by atoms with van der Waals surface area (Å²) in [6.45, 7) is 0. The number of nitrogens with one attached hydrogen (secondary N) is 2. The minimum atomic E-state index is -4.32. The smallest absolute Gasteiger partial charge is 0.264 e. The van der Waals surface area contributed by atoms with E-state index < -0.39 is 31.6 Å². The third-order valence-electron chi connectivity index (χ3n) is 4.01. The van der Waals surface area contributed by atoms with Crippen molar-refractivity contribution in [1.82, 2.24) is 20.2 Å². The minimum absolute atomic E-state index is 0. The van der Waals surface area contributed by atoms with Gasteiger partial charge in [0, 0.05) is 23.5 Å². The first-order chi connectivity index (χ1) is 13.7. The molecule has 0 spiro atoms. The molecule has 0 bridgehead atoms. The van der Waals surface area contributed by atoms with Crippen LogP contribution in [0.4, 0.5) is 20.3 Å². The zero-order chi connectivity index (χ0) is 20.8. The number of nitrogen functional groups attached to an aromatic ring is 1. The number of nitrogens with zero attached hydrogens (tertiary/aromatic N) is 3. The largest absolute Gasteiger partial charge is 0.382 e. The van der Waals surface area contributed by atoms with Gasteiger partial charge in [0.05, 0.1) is 10.4 Å². The zero-order valence-corrected chi connectivity index (χ0v) is 17.1. The van der Waals surface area contributed by atoms with Crippen LogP contribution in [-0.4, -0.2) is 28.6 Å². The van der Waals surface area contributed by atoms with Crippen LogP contribution in [0.3, 0.4) is 0 Å². The molecule has 156 valence electrons. The molecule has 0 unspecified atom stereocenters. The first-order valence-corrected chi connectivity index (χ1v) is 9.85. The van der Waals surface area contributed by atoms with Gasteiger partial charge in [0.25, 0.3) is 10.0 Å². The van der Waals surface area contributed by atoms with Crippen LogP contribution in [0.1, 0.15) is 0 Å². The maximum atomic E-state index is 13.9. The molecule has 0 saturated carbocycles. The van der Waals surface area contributed by atoms with Crippen LogP contribution in [0.2, 0.25) is 5.02 Å². The molecule has 0 fully saturated rings. The van der Waals surface area contributed by atoms with Gasteiger partial charge in [-0.1, -0.05) is 11.6 Å². The third kappa shape index (κ3) is 3.99. The minimum Gasteiger partial charge on any atom is -0.382 e. The molecule has 0 saturated heterocycles. The molecule has 4 aromatic rings. The lowest BCUT2D eigenvalue weighted by Crippen LogP contribution is -2.15. The van der Waals surface area contributed by atoms with Crippen molar-refractivity contribution in [3.8, 4) is 11.4 Å². The molecular weight excluding hydrogens is 461 g/mol. The number of fused-ring (bicyclic) bond motifs is 1. The summed E-state index contributed by atoms with van der Waals surface area (Å²) in [7, 11) is -4.32. The maximum Gasteiger partial charge on any atom is 0.264 e. The Labute approximate surface area is 180 Å². The molecular formula is C17H12Cl2F2N6O2S. The van der Waals surface area contributed by atoms with Gasteiger partial charge in [-0.2, -0.15) is 5.10 Å². The molecule has 2 heterocycles. The van der Waals surface area contributed by atoms with Crippen molar-refractivity contribution in [2.24, 2.45) is 0 Å². The number of aromatic nitrogens is 4. The fourth-order valence-corrected chi connectivity index (χ4v) is 3.95. The molecule has 0 aliphatic rings. The summed E-state index contributed by atoms with van der Waals surface area (Å²) in [5.41, 5.74) is 6.89. The van der Waals surface area contributed by atoms with Crippen LogP contribution in [0, 0.1) is 11.6 Å². The number of aromatic amines is 1. The van der Waals surface area contributed by atoms with E-state index in [-0.39, 0.29) is 23.9 Å². The molecule has 30 heavy (non-hydrogen) atoms. The normalized spacial score (nSPS) is 11.3. The maximum absolute atomic E-state index is 13.9. The van der Waals surface area contributed by atoms with Crippen LogP contribution in [-0.2, 0) is 10.0 Å². The molecule has 4 rings (SSSR count). The number of anilines is 2. The van der Waals surface area contributed by atoms with E-state index in [0.717, 1.165) is 0 Å². The highest BCUT2D eigenvalue weighted by Crippen LogP contribution is 2.26. The summed E-state index contributed by atoms with van der Waals surface area (Å²) >= 11 is 5.56. The lowest BCUT2D eigenvalue weighted by atomic mass is 10.2. The van der Waals surface area contributed by atoms with E-state index >= 15 is 0 Å². The average Bonchev–Trinajstić information content (AvgIpc) is 3.05. The number of hydrogen-bond donors (Lipinski definition) is 3. The summed E-state index contributed by atoms with van der Waals surface area (Å²) in [5, 5.41) is 6.60. The lowest BCUT2D eigenvalue weighted by Gasteiger charge is -2.10. The molecule has 2 aromatic heterocycles. The van der Waals surface area contributed by atoms with Crippen LogP contribution < -0.4 is 10.5 Å². The number of halogens is 4. The fourth-order valence-electron chi connectivity index (χ4n) is 2.57. The van der Waals surface area contributed by atoms with Crippen LogP contribution >= 0.6 is 24.0 Å².